The predicted molar refractivity (Wildman–Crippen MR) is 47.4 cm³/mol. The van der Waals surface area contributed by atoms with Crippen LogP contribution in [-0.2, 0) is 0 Å². The second-order valence-electron chi connectivity index (χ2n) is 2.67. The Morgan fingerprint density at radius 3 is 2.00 bits per heavy atom. The van der Waals surface area contributed by atoms with Crippen LogP contribution in [0, 0.1) is 0 Å². The molecule has 2 heteroatoms. The fraction of sp³-hybridized carbons (Fsp3) is 0.750. The summed E-state index contributed by atoms with van der Waals surface area (Å²) in [6.07, 6.45) is 2.29. The summed E-state index contributed by atoms with van der Waals surface area (Å²) in [4.78, 5) is 0. The molecule has 0 heterocycles. The molecule has 0 saturated carbocycles. The highest BCUT2D eigenvalue weighted by molar-refractivity contribution is 5.06. The molecule has 2 nitrogen and oxygen atoms in total. The summed E-state index contributed by atoms with van der Waals surface area (Å²) in [5, 5.41) is 0. The largest absolute Gasteiger partial charge is 0.344 e. The zero-order valence-corrected chi connectivity index (χ0v) is 7.41. The van der Waals surface area contributed by atoms with Crippen LogP contribution in [0.15, 0.2) is 11.1 Å². The van der Waals surface area contributed by atoms with Gasteiger partial charge in [-0.1, -0.05) is 11.1 Å². The summed E-state index contributed by atoms with van der Waals surface area (Å²) >= 11 is 0. The third-order valence-electron chi connectivity index (χ3n) is 1.61. The highest BCUT2D eigenvalue weighted by Gasteiger charge is 1.89. The molecule has 0 saturated heterocycles. The maximum absolute atomic E-state index is 5.35. The minimum atomic E-state index is 0. The molecule has 0 radical (unpaired) electrons. The van der Waals surface area contributed by atoms with Gasteiger partial charge in [0.15, 0.2) is 0 Å². The van der Waals surface area contributed by atoms with E-state index in [2.05, 4.69) is 20.8 Å². The maximum Gasteiger partial charge on any atom is -0.00742 e. The van der Waals surface area contributed by atoms with E-state index in [0.717, 1.165) is 13.0 Å². The van der Waals surface area contributed by atoms with Crippen LogP contribution >= 0.6 is 0 Å². The first-order valence-electron chi connectivity index (χ1n) is 3.51. The van der Waals surface area contributed by atoms with Gasteiger partial charge in [0.1, 0.15) is 0 Å². The van der Waals surface area contributed by atoms with Crippen molar-refractivity contribution in [1.29, 1.82) is 0 Å². The van der Waals surface area contributed by atoms with Crippen molar-refractivity contribution in [2.75, 3.05) is 6.54 Å². The van der Waals surface area contributed by atoms with Crippen LogP contribution in [-0.4, -0.2) is 6.54 Å². The second-order valence-corrected chi connectivity index (χ2v) is 2.67. The maximum atomic E-state index is 5.35. The quantitative estimate of drug-likeness (QED) is 0.597. The van der Waals surface area contributed by atoms with Crippen molar-refractivity contribution in [3.05, 3.63) is 11.1 Å². The topological polar surface area (TPSA) is 61.0 Å². The lowest BCUT2D eigenvalue weighted by Gasteiger charge is -2.00. The molecule has 5 N–H and O–H groups in total. The van der Waals surface area contributed by atoms with Crippen molar-refractivity contribution >= 4 is 0 Å². The Bertz CT molecular complexity index is 102. The highest BCUT2D eigenvalue weighted by Crippen LogP contribution is 2.07. The Morgan fingerprint density at radius 2 is 1.70 bits per heavy atom. The van der Waals surface area contributed by atoms with Gasteiger partial charge in [-0.25, -0.2) is 0 Å². The Kier molecular flexibility index (Phi) is 8.37. The van der Waals surface area contributed by atoms with E-state index in [4.69, 9.17) is 5.73 Å². The summed E-state index contributed by atoms with van der Waals surface area (Å²) in [5.74, 6) is 0. The SMILES string of the molecule is CC(C)=C(C)CCCN.N. The van der Waals surface area contributed by atoms with E-state index in [1.54, 1.807) is 0 Å². The summed E-state index contributed by atoms with van der Waals surface area (Å²) in [7, 11) is 0. The van der Waals surface area contributed by atoms with E-state index < -0.39 is 0 Å². The molecule has 10 heavy (non-hydrogen) atoms. The van der Waals surface area contributed by atoms with Gasteiger partial charge in [-0.05, 0) is 40.2 Å². The van der Waals surface area contributed by atoms with Crippen LogP contribution in [0.2, 0.25) is 0 Å². The van der Waals surface area contributed by atoms with E-state index >= 15 is 0 Å². The van der Waals surface area contributed by atoms with Crippen LogP contribution in [0.1, 0.15) is 33.6 Å². The van der Waals surface area contributed by atoms with Crippen LogP contribution in [0.25, 0.3) is 0 Å². The lowest BCUT2D eigenvalue weighted by Crippen LogP contribution is -1.98. The van der Waals surface area contributed by atoms with Crippen molar-refractivity contribution in [1.82, 2.24) is 6.15 Å². The van der Waals surface area contributed by atoms with Gasteiger partial charge in [0.05, 0.1) is 0 Å². The minimum absolute atomic E-state index is 0. The molecule has 0 atom stereocenters. The zero-order chi connectivity index (χ0) is 7.28. The fourth-order valence-electron chi connectivity index (χ4n) is 0.617. The summed E-state index contributed by atoms with van der Waals surface area (Å²) in [6, 6.07) is 0. The van der Waals surface area contributed by atoms with E-state index in [0.29, 0.717) is 0 Å². The highest BCUT2D eigenvalue weighted by atomic mass is 14.5. The van der Waals surface area contributed by atoms with Gasteiger partial charge in [-0.2, -0.15) is 0 Å². The van der Waals surface area contributed by atoms with Crippen molar-refractivity contribution in [3.63, 3.8) is 0 Å². The lowest BCUT2D eigenvalue weighted by molar-refractivity contribution is 0.815. The van der Waals surface area contributed by atoms with Crippen LogP contribution < -0.4 is 11.9 Å². The summed E-state index contributed by atoms with van der Waals surface area (Å²) in [6.45, 7) is 7.27. The van der Waals surface area contributed by atoms with Gasteiger partial charge in [-0.3, -0.25) is 0 Å². The smallest absolute Gasteiger partial charge is 0.00742 e. The fourth-order valence-corrected chi connectivity index (χ4v) is 0.617. The van der Waals surface area contributed by atoms with Crippen molar-refractivity contribution < 1.29 is 0 Å². The van der Waals surface area contributed by atoms with E-state index in [1.807, 2.05) is 0 Å². The summed E-state index contributed by atoms with van der Waals surface area (Å²) < 4.78 is 0. The molecule has 0 aliphatic rings. The molecule has 0 aromatic carbocycles. The normalized spacial score (nSPS) is 8.40. The Balaban J connectivity index is 0. The molecule has 0 aliphatic heterocycles. The van der Waals surface area contributed by atoms with E-state index in [-0.39, 0.29) is 6.15 Å². The van der Waals surface area contributed by atoms with Crippen LogP contribution in [0.3, 0.4) is 0 Å². The van der Waals surface area contributed by atoms with Gasteiger partial charge in [0, 0.05) is 0 Å². The molecule has 0 bridgehead atoms. The minimum Gasteiger partial charge on any atom is -0.344 e. The third kappa shape index (κ3) is 5.79. The Labute approximate surface area is 64.1 Å². The van der Waals surface area contributed by atoms with E-state index in [9.17, 15) is 0 Å². The number of allylic oxidation sites excluding steroid dienone is 2. The Morgan fingerprint density at radius 1 is 1.20 bits per heavy atom. The first-order chi connectivity index (χ1) is 4.18. The molecule has 62 valence electrons. The van der Waals surface area contributed by atoms with Crippen LogP contribution in [0.4, 0.5) is 0 Å². The first-order valence-corrected chi connectivity index (χ1v) is 3.51. The number of hydrogen-bond acceptors (Lipinski definition) is 2. The standard InChI is InChI=1S/C8H17N.H3N/c1-7(2)8(3)5-4-6-9;/h4-6,9H2,1-3H3;1H3. The molecular weight excluding hydrogens is 124 g/mol. The number of nitrogens with two attached hydrogens (primary N) is 1. The van der Waals surface area contributed by atoms with Gasteiger partial charge in [0.25, 0.3) is 0 Å². The molecule has 0 amide bonds. The van der Waals surface area contributed by atoms with E-state index in [1.165, 1.54) is 17.6 Å². The molecule has 0 fully saturated rings. The molecule has 0 unspecified atom stereocenters. The molecule has 0 spiro atoms. The molecule has 0 aliphatic carbocycles. The third-order valence-corrected chi connectivity index (χ3v) is 1.61. The second kappa shape index (κ2) is 6.78. The number of rotatable bonds is 3. The zero-order valence-electron chi connectivity index (χ0n) is 7.41. The average molecular weight is 144 g/mol. The molecule has 0 rings (SSSR count). The van der Waals surface area contributed by atoms with Gasteiger partial charge < -0.3 is 11.9 Å². The molecule has 0 aromatic rings. The monoisotopic (exact) mass is 144 g/mol. The van der Waals surface area contributed by atoms with Crippen molar-refractivity contribution in [2.45, 2.75) is 33.6 Å². The Hall–Kier alpha value is -0.340. The molecule has 0 aromatic heterocycles. The molecular formula is C8H20N2. The van der Waals surface area contributed by atoms with Gasteiger partial charge in [-0.15, -0.1) is 0 Å². The van der Waals surface area contributed by atoms with Gasteiger partial charge >= 0.3 is 0 Å². The van der Waals surface area contributed by atoms with Crippen molar-refractivity contribution in [3.8, 4) is 0 Å². The predicted octanol–water partition coefficient (Wildman–Crippen LogP) is 2.24. The van der Waals surface area contributed by atoms with Gasteiger partial charge in [0.2, 0.25) is 0 Å². The van der Waals surface area contributed by atoms with Crippen LogP contribution in [0.5, 0.6) is 0 Å². The first kappa shape index (κ1) is 12.3. The summed E-state index contributed by atoms with van der Waals surface area (Å²) in [5.41, 5.74) is 8.27. The number of hydrogen-bond donors (Lipinski definition) is 2. The average Bonchev–Trinajstić information content (AvgIpc) is 1.82. The lowest BCUT2D eigenvalue weighted by atomic mass is 10.1. The van der Waals surface area contributed by atoms with Crippen molar-refractivity contribution in [2.24, 2.45) is 5.73 Å².